The van der Waals surface area contributed by atoms with Crippen LogP contribution >= 0.6 is 0 Å². The lowest BCUT2D eigenvalue weighted by atomic mass is 9.85. The first-order valence-corrected chi connectivity index (χ1v) is 12.3. The highest BCUT2D eigenvalue weighted by molar-refractivity contribution is 6.09. The molecule has 2 saturated heterocycles. The molecule has 3 aromatic rings. The molecule has 1 unspecified atom stereocenters. The van der Waals surface area contributed by atoms with E-state index in [0.717, 1.165) is 12.8 Å². The summed E-state index contributed by atoms with van der Waals surface area (Å²) in [6, 6.07) is 1.33. The van der Waals surface area contributed by atoms with Crippen molar-refractivity contribution in [2.24, 2.45) is 4.99 Å². The minimum absolute atomic E-state index is 0.0229. The van der Waals surface area contributed by atoms with Gasteiger partial charge < -0.3 is 15.7 Å². The normalized spacial score (nSPS) is 22.6. The van der Waals surface area contributed by atoms with E-state index in [9.17, 15) is 19.1 Å². The monoisotopic (exact) mass is 503 g/mol. The Morgan fingerprint density at radius 2 is 1.97 bits per heavy atom. The van der Waals surface area contributed by atoms with Crippen LogP contribution in [-0.2, 0) is 4.79 Å². The summed E-state index contributed by atoms with van der Waals surface area (Å²) < 4.78 is 16.4. The molecular formula is C26H26FN7O3. The van der Waals surface area contributed by atoms with Gasteiger partial charge >= 0.3 is 0 Å². The topological polar surface area (TPSA) is 139 Å². The van der Waals surface area contributed by atoms with Crippen molar-refractivity contribution < 1.29 is 19.1 Å². The predicted molar refractivity (Wildman–Crippen MR) is 134 cm³/mol. The molecule has 190 valence electrons. The van der Waals surface area contributed by atoms with Gasteiger partial charge in [0.2, 0.25) is 5.91 Å². The number of aliphatic hydroxyl groups excluding tert-OH is 1. The lowest BCUT2D eigenvalue weighted by Crippen LogP contribution is -2.47. The predicted octanol–water partition coefficient (Wildman–Crippen LogP) is 2.30. The van der Waals surface area contributed by atoms with Crippen molar-refractivity contribution in [1.29, 1.82) is 0 Å². The Hall–Kier alpha value is -3.99. The van der Waals surface area contributed by atoms with Crippen LogP contribution in [0.5, 0.6) is 0 Å². The van der Waals surface area contributed by atoms with E-state index in [1.165, 1.54) is 17.5 Å². The fraction of sp³-hybridized carbons (Fsp3) is 0.385. The zero-order chi connectivity index (χ0) is 25.8. The highest BCUT2D eigenvalue weighted by Gasteiger charge is 2.44. The maximum absolute atomic E-state index is 15.0. The first-order valence-electron chi connectivity index (χ1n) is 12.3. The number of aromatic nitrogens is 4. The molecule has 0 aromatic carbocycles. The fourth-order valence-corrected chi connectivity index (χ4v) is 6.08. The summed E-state index contributed by atoms with van der Waals surface area (Å²) in [7, 11) is 0. The number of carbonyl (C=O) groups is 2. The molecule has 0 spiro atoms. The van der Waals surface area contributed by atoms with Gasteiger partial charge in [-0.3, -0.25) is 19.6 Å². The number of Topliss-reactive ketones (excluding diaryl/α,β-unsaturated/α-hetero) is 1. The maximum atomic E-state index is 15.0. The molecule has 10 nitrogen and oxygen atoms in total. The Bertz CT molecular complexity index is 1500. The molecule has 37 heavy (non-hydrogen) atoms. The summed E-state index contributed by atoms with van der Waals surface area (Å²) in [5.41, 5.74) is 9.47. The minimum atomic E-state index is -0.514. The smallest absolute Gasteiger partial charge is 0.248 e. The van der Waals surface area contributed by atoms with E-state index in [-0.39, 0.29) is 41.2 Å². The summed E-state index contributed by atoms with van der Waals surface area (Å²) in [5, 5.41) is 13.8. The summed E-state index contributed by atoms with van der Waals surface area (Å²) in [6.07, 6.45) is 9.61. The molecule has 0 saturated carbocycles. The SMILES string of the molecule is CC(=O)c1c(C2C[C@H]3CC[C@@H](C2)N3C(=O)CO)nc2c(-c3cnc(C4=NCC=C4)c(F)c3)cnn2c1N. The molecule has 2 bridgehead atoms. The van der Waals surface area contributed by atoms with Gasteiger partial charge in [0, 0.05) is 35.3 Å². The Morgan fingerprint density at radius 3 is 2.59 bits per heavy atom. The van der Waals surface area contributed by atoms with Crippen LogP contribution in [0.1, 0.15) is 60.3 Å². The third-order valence-corrected chi connectivity index (χ3v) is 7.64. The number of ketones is 1. The average molecular weight is 504 g/mol. The number of halogens is 1. The Morgan fingerprint density at radius 1 is 1.22 bits per heavy atom. The number of carbonyl (C=O) groups excluding carboxylic acids is 2. The zero-order valence-corrected chi connectivity index (χ0v) is 20.3. The highest BCUT2D eigenvalue weighted by atomic mass is 19.1. The average Bonchev–Trinajstić information content (AvgIpc) is 3.61. The van der Waals surface area contributed by atoms with Crippen molar-refractivity contribution in [3.05, 3.63) is 53.4 Å². The summed E-state index contributed by atoms with van der Waals surface area (Å²) in [5.74, 6) is -0.916. The largest absolute Gasteiger partial charge is 0.387 e. The third kappa shape index (κ3) is 3.72. The van der Waals surface area contributed by atoms with Crippen molar-refractivity contribution in [2.75, 3.05) is 18.9 Å². The number of hydrogen-bond acceptors (Lipinski definition) is 8. The number of pyridine rings is 1. The van der Waals surface area contributed by atoms with Gasteiger partial charge in [0.05, 0.1) is 29.7 Å². The summed E-state index contributed by atoms with van der Waals surface area (Å²) in [6.45, 7) is 1.44. The van der Waals surface area contributed by atoms with Crippen LogP contribution in [0.3, 0.4) is 0 Å². The summed E-state index contributed by atoms with van der Waals surface area (Å²) in [4.78, 5) is 40.2. The van der Waals surface area contributed by atoms with Crippen molar-refractivity contribution >= 4 is 28.9 Å². The van der Waals surface area contributed by atoms with Crippen LogP contribution in [-0.4, -0.2) is 72.2 Å². The molecule has 0 radical (unpaired) electrons. The van der Waals surface area contributed by atoms with Gasteiger partial charge in [0.25, 0.3) is 0 Å². The number of nitrogens with two attached hydrogens (primary N) is 1. The van der Waals surface area contributed by atoms with E-state index >= 15 is 0 Å². The second-order valence-electron chi connectivity index (χ2n) is 9.80. The molecule has 3 atom stereocenters. The number of allylic oxidation sites excluding steroid dienone is 1. The molecule has 2 fully saturated rings. The van der Waals surface area contributed by atoms with Crippen LogP contribution in [0.25, 0.3) is 16.8 Å². The Kier molecular flexibility index (Phi) is 5.59. The zero-order valence-electron chi connectivity index (χ0n) is 20.3. The number of fused-ring (bicyclic) bond motifs is 3. The van der Waals surface area contributed by atoms with Gasteiger partial charge in [-0.1, -0.05) is 6.08 Å². The van der Waals surface area contributed by atoms with E-state index in [0.29, 0.717) is 53.1 Å². The first kappa shape index (κ1) is 23.4. The lowest BCUT2D eigenvalue weighted by Gasteiger charge is -2.39. The van der Waals surface area contributed by atoms with Crippen LogP contribution in [0.15, 0.2) is 35.6 Å². The molecule has 3 aromatic heterocycles. The van der Waals surface area contributed by atoms with Crippen LogP contribution in [0, 0.1) is 5.82 Å². The van der Waals surface area contributed by atoms with Crippen LogP contribution in [0.2, 0.25) is 0 Å². The summed E-state index contributed by atoms with van der Waals surface area (Å²) >= 11 is 0. The van der Waals surface area contributed by atoms with Gasteiger partial charge in [0.15, 0.2) is 17.2 Å². The van der Waals surface area contributed by atoms with Crippen LogP contribution < -0.4 is 5.73 Å². The van der Waals surface area contributed by atoms with Crippen molar-refractivity contribution in [3.8, 4) is 11.1 Å². The number of aliphatic imine (C=N–C) groups is 1. The van der Waals surface area contributed by atoms with Crippen molar-refractivity contribution in [1.82, 2.24) is 24.5 Å². The molecule has 0 aliphatic carbocycles. The van der Waals surface area contributed by atoms with E-state index in [2.05, 4.69) is 15.1 Å². The molecule has 3 N–H and O–H groups in total. The van der Waals surface area contributed by atoms with Gasteiger partial charge in [-0.05, 0) is 44.7 Å². The standard InChI is InChI=1S/C26H26FN7O3/c1-13(36)22-23(14-7-16-4-5-17(8-14)33(16)21(37)12-35)32-26-18(11-31-34(26)25(22)28)15-9-19(27)24(30-10-15)20-3-2-6-29-20/h2-3,9-11,14,16-17,35H,4-8,12,28H2,1H3/t14?,16-,17+. The quantitative estimate of drug-likeness (QED) is 0.509. The van der Waals surface area contributed by atoms with E-state index in [1.54, 1.807) is 23.4 Å². The van der Waals surface area contributed by atoms with Crippen LogP contribution in [0.4, 0.5) is 10.2 Å². The third-order valence-electron chi connectivity index (χ3n) is 7.64. The lowest BCUT2D eigenvalue weighted by molar-refractivity contribution is -0.138. The number of nitrogen functional groups attached to an aromatic ring is 1. The van der Waals surface area contributed by atoms with E-state index in [1.807, 2.05) is 6.08 Å². The van der Waals surface area contributed by atoms with Gasteiger partial charge in [-0.2, -0.15) is 9.61 Å². The first-order chi connectivity index (χ1) is 17.9. The van der Waals surface area contributed by atoms with E-state index < -0.39 is 12.4 Å². The van der Waals surface area contributed by atoms with Crippen molar-refractivity contribution in [2.45, 2.75) is 50.6 Å². The van der Waals surface area contributed by atoms with Gasteiger partial charge in [0.1, 0.15) is 18.1 Å². The number of nitrogens with zero attached hydrogens (tertiary/aromatic N) is 6. The number of piperidine rings is 1. The molecule has 3 aliphatic rings. The number of anilines is 1. The molecular weight excluding hydrogens is 477 g/mol. The van der Waals surface area contributed by atoms with Crippen molar-refractivity contribution in [3.63, 3.8) is 0 Å². The number of rotatable bonds is 5. The number of amides is 1. The molecule has 11 heteroatoms. The highest BCUT2D eigenvalue weighted by Crippen LogP contribution is 2.44. The molecule has 6 heterocycles. The van der Waals surface area contributed by atoms with E-state index in [4.69, 9.17) is 10.7 Å². The second kappa shape index (κ2) is 8.84. The number of hydrogen-bond donors (Lipinski definition) is 2. The molecule has 3 aliphatic heterocycles. The molecule has 6 rings (SSSR count). The second-order valence-corrected chi connectivity index (χ2v) is 9.80. The Labute approximate surface area is 211 Å². The molecule has 1 amide bonds. The minimum Gasteiger partial charge on any atom is -0.387 e. The number of aliphatic hydroxyl groups is 1. The fourth-order valence-electron chi connectivity index (χ4n) is 6.08. The maximum Gasteiger partial charge on any atom is 0.248 e. The van der Waals surface area contributed by atoms with Gasteiger partial charge in [-0.15, -0.1) is 0 Å². The Balaban J connectivity index is 1.43. The van der Waals surface area contributed by atoms with Gasteiger partial charge in [-0.25, -0.2) is 9.37 Å².